The van der Waals surface area contributed by atoms with E-state index in [4.69, 9.17) is 9.84 Å². The summed E-state index contributed by atoms with van der Waals surface area (Å²) in [6, 6.07) is 4.02. The van der Waals surface area contributed by atoms with Crippen molar-refractivity contribution in [2.24, 2.45) is 0 Å². The maximum absolute atomic E-state index is 11.9. The van der Waals surface area contributed by atoms with Gasteiger partial charge < -0.3 is 15.2 Å². The summed E-state index contributed by atoms with van der Waals surface area (Å²) < 4.78 is 5.21. The maximum Gasteiger partial charge on any atom is 0.332 e. The van der Waals surface area contributed by atoms with Crippen LogP contribution in [0.5, 0.6) is 0 Å². The van der Waals surface area contributed by atoms with Gasteiger partial charge in [0.2, 0.25) is 5.91 Å². The summed E-state index contributed by atoms with van der Waals surface area (Å²) in [7, 11) is 0. The van der Waals surface area contributed by atoms with Crippen molar-refractivity contribution in [1.29, 1.82) is 0 Å². The fraction of sp³-hybridized carbons (Fsp3) is 0.538. The van der Waals surface area contributed by atoms with E-state index in [1.807, 2.05) is 24.4 Å². The summed E-state index contributed by atoms with van der Waals surface area (Å²) in [4.78, 5) is 23.9. The molecule has 19 heavy (non-hydrogen) atoms. The number of amides is 1. The number of hydrogen-bond acceptors (Lipinski definition) is 4. The van der Waals surface area contributed by atoms with Crippen LogP contribution in [0.4, 0.5) is 0 Å². The lowest BCUT2D eigenvalue weighted by molar-refractivity contribution is -0.151. The molecule has 1 aliphatic heterocycles. The molecule has 3 atom stereocenters. The Kier molecular flexibility index (Phi) is 4.55. The first-order valence-corrected chi connectivity index (χ1v) is 7.15. The Morgan fingerprint density at radius 3 is 2.84 bits per heavy atom. The van der Waals surface area contributed by atoms with E-state index in [1.54, 1.807) is 11.3 Å². The van der Waals surface area contributed by atoms with Crippen molar-refractivity contribution in [2.75, 3.05) is 0 Å². The van der Waals surface area contributed by atoms with Crippen molar-refractivity contribution < 1.29 is 19.4 Å². The van der Waals surface area contributed by atoms with E-state index in [9.17, 15) is 9.59 Å². The normalized spacial score (nSPS) is 24.1. The summed E-state index contributed by atoms with van der Waals surface area (Å²) in [6.07, 6.45) is 0.162. The Bertz CT molecular complexity index is 446. The lowest BCUT2D eigenvalue weighted by Crippen LogP contribution is -2.41. The van der Waals surface area contributed by atoms with Crippen LogP contribution in [0.3, 0.4) is 0 Å². The topological polar surface area (TPSA) is 75.6 Å². The van der Waals surface area contributed by atoms with Crippen molar-refractivity contribution in [3.63, 3.8) is 0 Å². The molecule has 0 saturated carbocycles. The molecule has 1 aliphatic rings. The molecule has 0 aliphatic carbocycles. The Balaban J connectivity index is 1.79. The Hall–Kier alpha value is -1.40. The van der Waals surface area contributed by atoms with Crippen molar-refractivity contribution in [2.45, 2.75) is 44.4 Å². The number of aliphatic carboxylic acids is 1. The molecule has 0 aromatic carbocycles. The van der Waals surface area contributed by atoms with E-state index in [0.29, 0.717) is 12.8 Å². The van der Waals surface area contributed by atoms with Crippen LogP contribution in [0.1, 0.15) is 24.6 Å². The number of thiophene rings is 1. The smallest absolute Gasteiger partial charge is 0.332 e. The predicted molar refractivity (Wildman–Crippen MR) is 71.2 cm³/mol. The van der Waals surface area contributed by atoms with Gasteiger partial charge in [0.1, 0.15) is 6.10 Å². The lowest BCUT2D eigenvalue weighted by atomic mass is 10.1. The molecule has 6 heteroatoms. The van der Waals surface area contributed by atoms with Crippen molar-refractivity contribution >= 4 is 23.2 Å². The van der Waals surface area contributed by atoms with Gasteiger partial charge in [-0.2, -0.15) is 0 Å². The number of hydrogen-bond donors (Lipinski definition) is 2. The molecule has 0 radical (unpaired) electrons. The van der Waals surface area contributed by atoms with Gasteiger partial charge in [-0.3, -0.25) is 4.79 Å². The van der Waals surface area contributed by atoms with Gasteiger partial charge in [0.05, 0.1) is 0 Å². The quantitative estimate of drug-likeness (QED) is 0.857. The monoisotopic (exact) mass is 283 g/mol. The molecule has 1 aromatic rings. The number of carboxylic acids is 1. The lowest BCUT2D eigenvalue weighted by Gasteiger charge is -2.16. The highest BCUT2D eigenvalue weighted by Crippen LogP contribution is 2.20. The highest BCUT2D eigenvalue weighted by molar-refractivity contribution is 7.09. The van der Waals surface area contributed by atoms with Crippen molar-refractivity contribution in [1.82, 2.24) is 5.32 Å². The molecular weight excluding hydrogens is 266 g/mol. The Labute approximate surface area is 115 Å². The maximum atomic E-state index is 11.9. The first-order valence-electron chi connectivity index (χ1n) is 6.27. The number of nitrogens with one attached hydrogen (secondary N) is 1. The second-order valence-electron chi connectivity index (χ2n) is 4.72. The van der Waals surface area contributed by atoms with Gasteiger partial charge in [0, 0.05) is 17.3 Å². The zero-order valence-electron chi connectivity index (χ0n) is 10.7. The third-order valence-corrected chi connectivity index (χ3v) is 3.96. The van der Waals surface area contributed by atoms with Crippen molar-refractivity contribution in [3.8, 4) is 0 Å². The van der Waals surface area contributed by atoms with Crippen molar-refractivity contribution in [3.05, 3.63) is 22.4 Å². The van der Waals surface area contributed by atoms with Crippen LogP contribution in [-0.2, 0) is 20.7 Å². The minimum atomic E-state index is -0.998. The van der Waals surface area contributed by atoms with Gasteiger partial charge in [-0.15, -0.1) is 11.3 Å². The van der Waals surface area contributed by atoms with E-state index in [1.165, 1.54) is 4.88 Å². The third-order valence-electron chi connectivity index (χ3n) is 3.06. The zero-order valence-corrected chi connectivity index (χ0v) is 11.5. The highest BCUT2D eigenvalue weighted by atomic mass is 32.1. The first kappa shape index (κ1) is 14.0. The molecule has 5 nitrogen and oxygen atoms in total. The van der Waals surface area contributed by atoms with E-state index < -0.39 is 18.2 Å². The summed E-state index contributed by atoms with van der Waals surface area (Å²) in [6.45, 7) is 1.93. The molecule has 2 N–H and O–H groups in total. The van der Waals surface area contributed by atoms with Gasteiger partial charge in [0.15, 0.2) is 6.10 Å². The largest absolute Gasteiger partial charge is 0.479 e. The minimum absolute atomic E-state index is 0.0126. The predicted octanol–water partition coefficient (Wildman–Crippen LogP) is 1.43. The molecule has 1 fully saturated rings. The zero-order chi connectivity index (χ0) is 13.8. The molecule has 0 spiro atoms. The van der Waals surface area contributed by atoms with Crippen LogP contribution in [-0.4, -0.2) is 35.2 Å². The molecule has 1 unspecified atom stereocenters. The fourth-order valence-corrected chi connectivity index (χ4v) is 2.96. The Morgan fingerprint density at radius 2 is 2.26 bits per heavy atom. The Morgan fingerprint density at radius 1 is 1.53 bits per heavy atom. The second kappa shape index (κ2) is 6.16. The van der Waals surface area contributed by atoms with Gasteiger partial charge in [0.25, 0.3) is 0 Å². The summed E-state index contributed by atoms with van der Waals surface area (Å²) in [5, 5.41) is 13.7. The number of carboxylic acid groups (broad SMARTS) is 1. The minimum Gasteiger partial charge on any atom is -0.479 e. The molecule has 1 saturated heterocycles. The average molecular weight is 283 g/mol. The third kappa shape index (κ3) is 3.78. The van der Waals surface area contributed by atoms with E-state index in [-0.39, 0.29) is 11.9 Å². The summed E-state index contributed by atoms with van der Waals surface area (Å²) >= 11 is 1.65. The summed E-state index contributed by atoms with van der Waals surface area (Å²) in [5.74, 6) is -1.21. The second-order valence-corrected chi connectivity index (χ2v) is 5.75. The van der Waals surface area contributed by atoms with E-state index >= 15 is 0 Å². The number of ether oxygens (including phenoxy) is 1. The number of carbonyl (C=O) groups excluding carboxylic acids is 1. The number of rotatable bonds is 5. The van der Waals surface area contributed by atoms with Gasteiger partial charge in [-0.1, -0.05) is 6.07 Å². The highest BCUT2D eigenvalue weighted by Gasteiger charge is 2.34. The van der Waals surface area contributed by atoms with Crippen LogP contribution >= 0.6 is 11.3 Å². The standard InChI is InChI=1S/C13H17NO4S/c1-8(7-9-3-2-6-19-9)14-12(15)10-4-5-11(18-10)13(16)17/h2-3,6,8,10-11H,4-5,7H2,1H3,(H,14,15)(H,16,17)/t8?,10-,11+/m0/s1. The molecule has 1 amide bonds. The molecule has 2 rings (SSSR count). The summed E-state index contributed by atoms with van der Waals surface area (Å²) in [5.41, 5.74) is 0. The van der Waals surface area contributed by atoms with Crippen LogP contribution in [0, 0.1) is 0 Å². The van der Waals surface area contributed by atoms with Gasteiger partial charge >= 0.3 is 5.97 Å². The van der Waals surface area contributed by atoms with Crippen LogP contribution < -0.4 is 5.32 Å². The number of carbonyl (C=O) groups is 2. The van der Waals surface area contributed by atoms with Gasteiger partial charge in [-0.25, -0.2) is 4.79 Å². The molecule has 0 bridgehead atoms. The first-order chi connectivity index (χ1) is 9.06. The van der Waals surface area contributed by atoms with Gasteiger partial charge in [-0.05, 0) is 31.2 Å². The van der Waals surface area contributed by atoms with E-state index in [2.05, 4.69) is 5.32 Å². The molecular formula is C13H17NO4S. The molecule has 104 valence electrons. The SMILES string of the molecule is CC(Cc1cccs1)NC(=O)[C@@H]1CC[C@H](C(=O)O)O1. The average Bonchev–Trinajstić information content (AvgIpc) is 2.98. The van der Waals surface area contributed by atoms with E-state index in [0.717, 1.165) is 6.42 Å². The van der Waals surface area contributed by atoms with Crippen LogP contribution in [0.25, 0.3) is 0 Å². The fourth-order valence-electron chi connectivity index (χ4n) is 2.13. The molecule has 2 heterocycles. The van der Waals surface area contributed by atoms with Crippen LogP contribution in [0.2, 0.25) is 0 Å². The molecule has 1 aromatic heterocycles. The van der Waals surface area contributed by atoms with Crippen LogP contribution in [0.15, 0.2) is 17.5 Å².